The van der Waals surface area contributed by atoms with Crippen molar-refractivity contribution in [2.45, 2.75) is 84.5 Å². The van der Waals surface area contributed by atoms with Crippen molar-refractivity contribution in [1.82, 2.24) is 20.6 Å². The average molecular weight is 560 g/mol. The molecule has 4 N–H and O–H groups in total. The number of nitrogens with zero attached hydrogens (tertiary/aromatic N) is 2. The maximum Gasteiger partial charge on any atom is 0.407 e. The predicted molar refractivity (Wildman–Crippen MR) is 154 cm³/mol. The topological polar surface area (TPSA) is 146 Å². The third-order valence-electron chi connectivity index (χ3n) is 5.11. The van der Waals surface area contributed by atoms with Gasteiger partial charge in [-0.15, -0.1) is 11.8 Å². The lowest BCUT2D eigenvalue weighted by Crippen LogP contribution is -2.34. The van der Waals surface area contributed by atoms with Crippen LogP contribution in [0.1, 0.15) is 75.9 Å². The van der Waals surface area contributed by atoms with Crippen LogP contribution in [0, 0.1) is 13.8 Å². The van der Waals surface area contributed by atoms with Crippen LogP contribution in [0.3, 0.4) is 0 Å². The van der Waals surface area contributed by atoms with E-state index >= 15 is 0 Å². The van der Waals surface area contributed by atoms with Gasteiger partial charge in [0.05, 0.1) is 11.3 Å². The molecule has 0 saturated carbocycles. The summed E-state index contributed by atoms with van der Waals surface area (Å²) in [6, 6.07) is 5.50. The fourth-order valence-corrected chi connectivity index (χ4v) is 4.34. The fraction of sp³-hybridized carbons (Fsp3) is 0.536. The van der Waals surface area contributed by atoms with Crippen LogP contribution in [0.5, 0.6) is 0 Å². The number of alkyl carbamates (subject to hydrolysis) is 1. The summed E-state index contributed by atoms with van der Waals surface area (Å²) in [4.78, 5) is 45.3. The molecular formula is C28H41N5O5S. The lowest BCUT2D eigenvalue weighted by Gasteiger charge is -2.21. The Kier molecular flexibility index (Phi) is 11.1. The van der Waals surface area contributed by atoms with Crippen LogP contribution in [0.15, 0.2) is 23.2 Å². The molecule has 0 unspecified atom stereocenters. The van der Waals surface area contributed by atoms with Gasteiger partial charge in [-0.2, -0.15) is 0 Å². The van der Waals surface area contributed by atoms with E-state index < -0.39 is 23.3 Å². The van der Waals surface area contributed by atoms with Crippen molar-refractivity contribution in [2.24, 2.45) is 0 Å². The Morgan fingerprint density at radius 1 is 0.897 bits per heavy atom. The number of aromatic nitrogens is 2. The van der Waals surface area contributed by atoms with Crippen LogP contribution < -0.4 is 16.4 Å². The van der Waals surface area contributed by atoms with Gasteiger partial charge in [0.1, 0.15) is 16.2 Å². The number of esters is 1. The average Bonchev–Trinajstić information content (AvgIpc) is 2.76. The molecule has 0 saturated heterocycles. The van der Waals surface area contributed by atoms with E-state index in [1.54, 1.807) is 32.9 Å². The van der Waals surface area contributed by atoms with Gasteiger partial charge in [-0.05, 0) is 85.1 Å². The molecule has 0 fully saturated rings. The molecule has 1 heterocycles. The number of rotatable bonds is 10. The first-order valence-electron chi connectivity index (χ1n) is 12.9. The number of benzene rings is 1. The minimum atomic E-state index is -0.610. The van der Waals surface area contributed by atoms with E-state index in [1.165, 1.54) is 11.8 Å². The van der Waals surface area contributed by atoms with Crippen molar-refractivity contribution >= 4 is 35.7 Å². The van der Waals surface area contributed by atoms with E-state index in [1.807, 2.05) is 40.7 Å². The van der Waals surface area contributed by atoms with E-state index in [0.29, 0.717) is 41.5 Å². The molecule has 39 heavy (non-hydrogen) atoms. The van der Waals surface area contributed by atoms with Gasteiger partial charge >= 0.3 is 12.1 Å². The molecule has 2 rings (SSSR count). The van der Waals surface area contributed by atoms with Gasteiger partial charge < -0.3 is 25.8 Å². The number of thioether (sulfide) groups is 1. The molecule has 2 amide bonds. The third-order valence-corrected chi connectivity index (χ3v) is 6.02. The van der Waals surface area contributed by atoms with Crippen LogP contribution in [-0.2, 0) is 14.3 Å². The van der Waals surface area contributed by atoms with Gasteiger partial charge in [0.25, 0.3) is 0 Å². The highest BCUT2D eigenvalue weighted by Crippen LogP contribution is 2.29. The Hall–Kier alpha value is -3.34. The highest BCUT2D eigenvalue weighted by atomic mass is 32.2. The SMILES string of the molecule is Cc1cc(C)c(-c2cc(SCCC(=O)NCCCNC(=O)OC(C)(C)C)nc(N)n2)cc1C(=O)OC(C)(C)C. The number of nitrogens with two attached hydrogens (primary N) is 1. The van der Waals surface area contributed by atoms with Crippen molar-refractivity contribution < 1.29 is 23.9 Å². The van der Waals surface area contributed by atoms with Crippen LogP contribution in [0.2, 0.25) is 0 Å². The Morgan fingerprint density at radius 2 is 1.54 bits per heavy atom. The number of nitrogen functional groups attached to an aromatic ring is 1. The Labute approximate surface area is 235 Å². The molecule has 0 atom stereocenters. The summed E-state index contributed by atoms with van der Waals surface area (Å²) >= 11 is 1.39. The molecule has 0 radical (unpaired) electrons. The van der Waals surface area contributed by atoms with Crippen molar-refractivity contribution in [3.8, 4) is 11.3 Å². The Bertz CT molecular complexity index is 1190. The zero-order valence-electron chi connectivity index (χ0n) is 24.2. The number of hydrogen-bond donors (Lipinski definition) is 3. The van der Waals surface area contributed by atoms with Gasteiger partial charge in [0, 0.05) is 30.8 Å². The Morgan fingerprint density at radius 3 is 2.18 bits per heavy atom. The molecule has 2 aromatic rings. The van der Waals surface area contributed by atoms with E-state index in [9.17, 15) is 14.4 Å². The number of carbonyl (C=O) groups is 3. The second kappa shape index (κ2) is 13.6. The monoisotopic (exact) mass is 559 g/mol. The molecule has 0 bridgehead atoms. The van der Waals surface area contributed by atoms with Crippen molar-refractivity contribution in [2.75, 3.05) is 24.6 Å². The van der Waals surface area contributed by atoms with Crippen LogP contribution >= 0.6 is 11.8 Å². The Balaban J connectivity index is 1.94. The van der Waals surface area contributed by atoms with Crippen molar-refractivity contribution in [3.05, 3.63) is 34.9 Å². The predicted octanol–water partition coefficient (Wildman–Crippen LogP) is 4.81. The summed E-state index contributed by atoms with van der Waals surface area (Å²) in [5.74, 6) is 0.104. The highest BCUT2D eigenvalue weighted by Gasteiger charge is 2.21. The van der Waals surface area contributed by atoms with E-state index in [4.69, 9.17) is 15.2 Å². The molecule has 0 aliphatic heterocycles. The zero-order valence-corrected chi connectivity index (χ0v) is 25.0. The lowest BCUT2D eigenvalue weighted by molar-refractivity contribution is -0.120. The first kappa shape index (κ1) is 31.9. The lowest BCUT2D eigenvalue weighted by atomic mass is 9.97. The van der Waals surface area contributed by atoms with Gasteiger partial charge in [-0.3, -0.25) is 4.79 Å². The molecule has 1 aromatic carbocycles. The third kappa shape index (κ3) is 11.5. The molecule has 0 spiro atoms. The number of aryl methyl sites for hydroxylation is 2. The smallest absolute Gasteiger partial charge is 0.407 e. The minimum Gasteiger partial charge on any atom is -0.456 e. The normalized spacial score (nSPS) is 11.6. The quantitative estimate of drug-likeness (QED) is 0.161. The number of anilines is 1. The largest absolute Gasteiger partial charge is 0.456 e. The number of hydrogen-bond acceptors (Lipinski definition) is 9. The second-order valence-corrected chi connectivity index (χ2v) is 12.3. The first-order chi connectivity index (χ1) is 18.0. The van der Waals surface area contributed by atoms with Crippen molar-refractivity contribution in [1.29, 1.82) is 0 Å². The minimum absolute atomic E-state index is 0.0987. The number of amides is 2. The van der Waals surface area contributed by atoms with Crippen molar-refractivity contribution in [3.63, 3.8) is 0 Å². The van der Waals surface area contributed by atoms with Gasteiger partial charge in [-0.25, -0.2) is 19.6 Å². The second-order valence-electron chi connectivity index (χ2n) is 11.2. The molecular weight excluding hydrogens is 518 g/mol. The first-order valence-corrected chi connectivity index (χ1v) is 13.9. The molecule has 11 heteroatoms. The van der Waals surface area contributed by atoms with Gasteiger partial charge in [0.2, 0.25) is 11.9 Å². The zero-order chi connectivity index (χ0) is 29.4. The molecule has 10 nitrogen and oxygen atoms in total. The highest BCUT2D eigenvalue weighted by molar-refractivity contribution is 7.99. The summed E-state index contributed by atoms with van der Waals surface area (Å²) in [7, 11) is 0. The van der Waals surface area contributed by atoms with Crippen LogP contribution in [0.4, 0.5) is 10.7 Å². The maximum absolute atomic E-state index is 12.8. The standard InChI is InChI=1S/C28H41N5O5S/c1-17-14-18(2)20(24(35)37-27(3,4)5)15-19(17)21-16-23(33-25(29)32-21)39-13-10-22(34)30-11-9-12-31-26(36)38-28(6,7)8/h14-16H,9-13H2,1-8H3,(H,30,34)(H,31,36)(H2,29,32,33). The van der Waals surface area contributed by atoms with E-state index in [-0.39, 0.29) is 18.3 Å². The fourth-order valence-electron chi connectivity index (χ4n) is 3.49. The maximum atomic E-state index is 12.8. The summed E-state index contributed by atoms with van der Waals surface area (Å²) in [6.45, 7) is 15.5. The number of ether oxygens (including phenoxy) is 2. The number of nitrogens with one attached hydrogen (secondary N) is 2. The van der Waals surface area contributed by atoms with Gasteiger partial charge in [-0.1, -0.05) is 6.07 Å². The number of carbonyl (C=O) groups excluding carboxylic acids is 3. The van der Waals surface area contributed by atoms with Crippen LogP contribution in [-0.4, -0.2) is 58.0 Å². The summed E-state index contributed by atoms with van der Waals surface area (Å²) < 4.78 is 10.7. The molecule has 0 aliphatic rings. The molecule has 1 aromatic heterocycles. The van der Waals surface area contributed by atoms with Crippen LogP contribution in [0.25, 0.3) is 11.3 Å². The van der Waals surface area contributed by atoms with E-state index in [0.717, 1.165) is 16.7 Å². The molecule has 214 valence electrons. The molecule has 0 aliphatic carbocycles. The summed E-state index contributed by atoms with van der Waals surface area (Å²) in [5.41, 5.74) is 8.41. The van der Waals surface area contributed by atoms with E-state index in [2.05, 4.69) is 20.6 Å². The van der Waals surface area contributed by atoms with Gasteiger partial charge in [0.15, 0.2) is 0 Å². The summed E-state index contributed by atoms with van der Waals surface area (Å²) in [5, 5.41) is 6.13. The summed E-state index contributed by atoms with van der Waals surface area (Å²) in [6.07, 6.45) is 0.400.